The molecule has 1 aromatic rings. The third-order valence-corrected chi connectivity index (χ3v) is 3.25. The van der Waals surface area contributed by atoms with E-state index in [1.807, 2.05) is 0 Å². The van der Waals surface area contributed by atoms with Crippen molar-refractivity contribution in [3.8, 4) is 0 Å². The maximum absolute atomic E-state index is 6.13. The highest BCUT2D eigenvalue weighted by Crippen LogP contribution is 2.13. The molecule has 0 aliphatic carbocycles. The molecule has 1 heteroatoms. The van der Waals surface area contributed by atoms with E-state index in [4.69, 9.17) is 5.73 Å². The summed E-state index contributed by atoms with van der Waals surface area (Å²) in [5.74, 6) is 0. The fourth-order valence-corrected chi connectivity index (χ4v) is 1.99. The van der Waals surface area contributed by atoms with Crippen molar-refractivity contribution in [2.75, 3.05) is 0 Å². The lowest BCUT2D eigenvalue weighted by molar-refractivity contribution is 0.557. The first-order valence-corrected chi connectivity index (χ1v) is 6.45. The molecule has 1 nitrogen and oxygen atoms in total. The number of aryl methyl sites for hydroxylation is 2. The van der Waals surface area contributed by atoms with Gasteiger partial charge >= 0.3 is 0 Å². The molecule has 0 amide bonds. The van der Waals surface area contributed by atoms with Crippen LogP contribution in [0, 0.1) is 13.8 Å². The Morgan fingerprint density at radius 3 is 2.50 bits per heavy atom. The minimum absolute atomic E-state index is 0.327. The molecule has 1 atom stereocenters. The molecule has 0 aromatic heterocycles. The molecule has 1 aromatic carbocycles. The van der Waals surface area contributed by atoms with Crippen molar-refractivity contribution in [3.05, 3.63) is 34.9 Å². The van der Waals surface area contributed by atoms with Crippen LogP contribution >= 0.6 is 0 Å². The summed E-state index contributed by atoms with van der Waals surface area (Å²) in [6, 6.07) is 7.01. The Morgan fingerprint density at radius 2 is 1.88 bits per heavy atom. The van der Waals surface area contributed by atoms with E-state index in [-0.39, 0.29) is 0 Å². The van der Waals surface area contributed by atoms with Gasteiger partial charge in [0.1, 0.15) is 0 Å². The first-order valence-electron chi connectivity index (χ1n) is 6.45. The largest absolute Gasteiger partial charge is 0.327 e. The van der Waals surface area contributed by atoms with Crippen LogP contribution in [0.5, 0.6) is 0 Å². The van der Waals surface area contributed by atoms with E-state index in [2.05, 4.69) is 39.0 Å². The number of benzene rings is 1. The van der Waals surface area contributed by atoms with Gasteiger partial charge in [0.2, 0.25) is 0 Å². The number of hydrogen-bond donors (Lipinski definition) is 1. The zero-order valence-corrected chi connectivity index (χ0v) is 10.9. The molecule has 0 bridgehead atoms. The Hall–Kier alpha value is -0.820. The first-order chi connectivity index (χ1) is 7.63. The molecule has 1 rings (SSSR count). The lowest BCUT2D eigenvalue weighted by Crippen LogP contribution is -2.22. The van der Waals surface area contributed by atoms with Crippen LogP contribution in [0.4, 0.5) is 0 Å². The maximum atomic E-state index is 6.13. The monoisotopic (exact) mass is 219 g/mol. The molecule has 0 heterocycles. The summed E-state index contributed by atoms with van der Waals surface area (Å²) < 4.78 is 0. The van der Waals surface area contributed by atoms with Crippen LogP contribution in [0.3, 0.4) is 0 Å². The standard InChI is InChI=1S/C15H25N/c1-4-5-6-7-15(16)11-14-9-8-12(2)13(3)10-14/h8-10,15H,4-7,11,16H2,1-3H3. The number of unbranched alkanes of at least 4 members (excludes halogenated alkanes) is 2. The van der Waals surface area contributed by atoms with Gasteiger partial charge in [0.15, 0.2) is 0 Å². The van der Waals surface area contributed by atoms with Gasteiger partial charge in [-0.15, -0.1) is 0 Å². The van der Waals surface area contributed by atoms with Crippen LogP contribution in [0.2, 0.25) is 0 Å². The second kappa shape index (κ2) is 6.70. The Balaban J connectivity index is 2.43. The van der Waals surface area contributed by atoms with Gasteiger partial charge in [0.25, 0.3) is 0 Å². The molecule has 0 aliphatic rings. The van der Waals surface area contributed by atoms with Crippen molar-refractivity contribution in [2.45, 2.75) is 58.9 Å². The van der Waals surface area contributed by atoms with Crippen molar-refractivity contribution >= 4 is 0 Å². The molecule has 0 saturated heterocycles. The van der Waals surface area contributed by atoms with E-state index >= 15 is 0 Å². The van der Waals surface area contributed by atoms with Crippen LogP contribution in [-0.4, -0.2) is 6.04 Å². The summed E-state index contributed by atoms with van der Waals surface area (Å²) in [4.78, 5) is 0. The SMILES string of the molecule is CCCCCC(N)Cc1ccc(C)c(C)c1. The van der Waals surface area contributed by atoms with Gasteiger partial charge in [0.05, 0.1) is 0 Å². The maximum Gasteiger partial charge on any atom is 0.00793 e. The fourth-order valence-electron chi connectivity index (χ4n) is 1.99. The fraction of sp³-hybridized carbons (Fsp3) is 0.600. The zero-order chi connectivity index (χ0) is 12.0. The molecule has 0 saturated carbocycles. The van der Waals surface area contributed by atoms with Crippen LogP contribution in [0.25, 0.3) is 0 Å². The molecule has 1 unspecified atom stereocenters. The average molecular weight is 219 g/mol. The highest BCUT2D eigenvalue weighted by molar-refractivity contribution is 5.30. The molecule has 16 heavy (non-hydrogen) atoms. The van der Waals surface area contributed by atoms with E-state index in [0.29, 0.717) is 6.04 Å². The molecule has 0 radical (unpaired) electrons. The van der Waals surface area contributed by atoms with Gasteiger partial charge in [-0.2, -0.15) is 0 Å². The number of nitrogens with two attached hydrogens (primary N) is 1. The summed E-state index contributed by atoms with van der Waals surface area (Å²) in [5, 5.41) is 0. The van der Waals surface area contributed by atoms with Gasteiger partial charge < -0.3 is 5.73 Å². The molecule has 90 valence electrons. The van der Waals surface area contributed by atoms with E-state index in [1.54, 1.807) is 0 Å². The van der Waals surface area contributed by atoms with Crippen molar-refractivity contribution in [3.63, 3.8) is 0 Å². The topological polar surface area (TPSA) is 26.0 Å². The first kappa shape index (κ1) is 13.2. The quantitative estimate of drug-likeness (QED) is 0.724. The summed E-state index contributed by atoms with van der Waals surface area (Å²) in [7, 11) is 0. The molecule has 2 N–H and O–H groups in total. The van der Waals surface area contributed by atoms with Crippen molar-refractivity contribution in [1.29, 1.82) is 0 Å². The summed E-state index contributed by atoms with van der Waals surface area (Å²) in [6.45, 7) is 6.55. The van der Waals surface area contributed by atoms with Crippen LogP contribution in [-0.2, 0) is 6.42 Å². The van der Waals surface area contributed by atoms with E-state index in [9.17, 15) is 0 Å². The minimum atomic E-state index is 0.327. The Kier molecular flexibility index (Phi) is 5.54. The van der Waals surface area contributed by atoms with Crippen LogP contribution in [0.15, 0.2) is 18.2 Å². The second-order valence-corrected chi connectivity index (χ2v) is 4.88. The normalized spacial score (nSPS) is 12.8. The highest BCUT2D eigenvalue weighted by atomic mass is 14.6. The van der Waals surface area contributed by atoms with Crippen LogP contribution < -0.4 is 5.73 Å². The van der Waals surface area contributed by atoms with Crippen LogP contribution in [0.1, 0.15) is 49.3 Å². The predicted octanol–water partition coefficient (Wildman–Crippen LogP) is 3.75. The van der Waals surface area contributed by atoms with Crippen molar-refractivity contribution < 1.29 is 0 Å². The number of rotatable bonds is 6. The lowest BCUT2D eigenvalue weighted by Gasteiger charge is -2.12. The Labute approximate surface area is 100 Å². The molecule has 0 spiro atoms. The Morgan fingerprint density at radius 1 is 1.12 bits per heavy atom. The zero-order valence-electron chi connectivity index (χ0n) is 10.9. The van der Waals surface area contributed by atoms with E-state index in [1.165, 1.54) is 36.0 Å². The molecule has 0 aliphatic heterocycles. The van der Waals surface area contributed by atoms with Gasteiger partial charge in [-0.3, -0.25) is 0 Å². The summed E-state index contributed by atoms with van der Waals surface area (Å²) >= 11 is 0. The predicted molar refractivity (Wildman–Crippen MR) is 71.7 cm³/mol. The van der Waals surface area contributed by atoms with E-state index in [0.717, 1.165) is 12.8 Å². The second-order valence-electron chi connectivity index (χ2n) is 4.88. The summed E-state index contributed by atoms with van der Waals surface area (Å²) in [6.07, 6.45) is 6.02. The smallest absolute Gasteiger partial charge is 0.00793 e. The van der Waals surface area contributed by atoms with Crippen molar-refractivity contribution in [2.24, 2.45) is 5.73 Å². The van der Waals surface area contributed by atoms with Gasteiger partial charge in [-0.25, -0.2) is 0 Å². The lowest BCUT2D eigenvalue weighted by atomic mass is 9.98. The molecular weight excluding hydrogens is 194 g/mol. The number of hydrogen-bond acceptors (Lipinski definition) is 1. The summed E-state index contributed by atoms with van der Waals surface area (Å²) in [5.41, 5.74) is 10.3. The molecular formula is C15H25N. The Bertz CT molecular complexity index is 317. The van der Waals surface area contributed by atoms with Crippen molar-refractivity contribution in [1.82, 2.24) is 0 Å². The van der Waals surface area contributed by atoms with Gasteiger partial charge in [-0.1, -0.05) is 44.4 Å². The van der Waals surface area contributed by atoms with E-state index < -0.39 is 0 Å². The third-order valence-electron chi connectivity index (χ3n) is 3.25. The highest BCUT2D eigenvalue weighted by Gasteiger charge is 2.04. The minimum Gasteiger partial charge on any atom is -0.327 e. The van der Waals surface area contributed by atoms with Gasteiger partial charge in [0, 0.05) is 6.04 Å². The average Bonchev–Trinajstić information content (AvgIpc) is 2.24. The van der Waals surface area contributed by atoms with Gasteiger partial charge in [-0.05, 0) is 43.4 Å². The third kappa shape index (κ3) is 4.36. The molecule has 0 fully saturated rings.